The van der Waals surface area contributed by atoms with Crippen LogP contribution in [0.4, 0.5) is 5.95 Å². The Morgan fingerprint density at radius 3 is 2.61 bits per heavy atom. The molecule has 3 aromatic rings. The summed E-state index contributed by atoms with van der Waals surface area (Å²) in [6, 6.07) is 7.12. The molecule has 0 aliphatic heterocycles. The number of hydrogen-bond acceptors (Lipinski definition) is 5. The van der Waals surface area contributed by atoms with Gasteiger partial charge in [-0.15, -0.1) is 0 Å². The number of anilines is 1. The van der Waals surface area contributed by atoms with Crippen molar-refractivity contribution >= 4 is 28.6 Å². The first-order chi connectivity index (χ1) is 13.7. The van der Waals surface area contributed by atoms with Gasteiger partial charge in [0.05, 0.1) is 5.69 Å². The number of nitrogens with one attached hydrogen (secondary N) is 1. The zero-order chi connectivity index (χ0) is 19.1. The van der Waals surface area contributed by atoms with Crippen molar-refractivity contribution in [2.24, 2.45) is 5.73 Å². The van der Waals surface area contributed by atoms with Gasteiger partial charge in [0, 0.05) is 47.5 Å². The van der Waals surface area contributed by atoms with E-state index in [0.29, 0.717) is 23.3 Å². The molecule has 146 valence electrons. The molecule has 0 aromatic carbocycles. The van der Waals surface area contributed by atoms with Crippen LogP contribution in [0.1, 0.15) is 44.9 Å². The van der Waals surface area contributed by atoms with Gasteiger partial charge < -0.3 is 15.6 Å². The first-order valence-corrected chi connectivity index (χ1v) is 10.6. The quantitative estimate of drug-likeness (QED) is 0.642. The third-order valence-corrected chi connectivity index (χ3v) is 6.44. The molecule has 0 bridgehead atoms. The van der Waals surface area contributed by atoms with E-state index in [1.807, 2.05) is 18.3 Å². The van der Waals surface area contributed by atoms with E-state index < -0.39 is 0 Å². The van der Waals surface area contributed by atoms with Crippen LogP contribution in [0.2, 0.25) is 5.15 Å². The number of nitrogens with two attached hydrogens (primary N) is 1. The number of nitrogens with zero attached hydrogens (tertiary/aromatic N) is 4. The summed E-state index contributed by atoms with van der Waals surface area (Å²) in [5.41, 5.74) is 8.84. The smallest absolute Gasteiger partial charge is 0.227 e. The number of H-pyrrole nitrogens is 1. The Bertz CT molecular complexity index is 974. The maximum absolute atomic E-state index is 6.47. The van der Waals surface area contributed by atoms with E-state index in [2.05, 4.69) is 25.9 Å². The number of halogens is 1. The summed E-state index contributed by atoms with van der Waals surface area (Å²) in [6.45, 7) is 0. The Kier molecular flexibility index (Phi) is 4.69. The van der Waals surface area contributed by atoms with Gasteiger partial charge >= 0.3 is 0 Å². The highest BCUT2D eigenvalue weighted by molar-refractivity contribution is 6.29. The molecule has 0 amide bonds. The average Bonchev–Trinajstić information content (AvgIpc) is 3.09. The minimum Gasteiger partial charge on any atom is -0.345 e. The Morgan fingerprint density at radius 2 is 1.86 bits per heavy atom. The summed E-state index contributed by atoms with van der Waals surface area (Å²) in [4.78, 5) is 19.7. The van der Waals surface area contributed by atoms with Crippen LogP contribution in [0.15, 0.2) is 30.6 Å². The van der Waals surface area contributed by atoms with Crippen molar-refractivity contribution in [1.82, 2.24) is 19.9 Å². The van der Waals surface area contributed by atoms with Crippen LogP contribution in [0.3, 0.4) is 0 Å². The summed E-state index contributed by atoms with van der Waals surface area (Å²) >= 11 is 6.47. The van der Waals surface area contributed by atoms with E-state index >= 15 is 0 Å². The molecular formula is C21H25ClN6. The Labute approximate surface area is 169 Å². The van der Waals surface area contributed by atoms with Gasteiger partial charge in [-0.3, -0.25) is 0 Å². The largest absolute Gasteiger partial charge is 0.345 e. The second-order valence-electron chi connectivity index (χ2n) is 8.04. The first kappa shape index (κ1) is 17.9. The number of aromatic nitrogens is 4. The van der Waals surface area contributed by atoms with Crippen molar-refractivity contribution in [3.05, 3.63) is 35.7 Å². The molecule has 2 saturated carbocycles. The zero-order valence-electron chi connectivity index (χ0n) is 15.8. The lowest BCUT2D eigenvalue weighted by molar-refractivity contribution is 0.300. The third-order valence-electron chi connectivity index (χ3n) is 6.24. The number of aromatic amines is 1. The lowest BCUT2D eigenvalue weighted by atomic mass is 9.85. The van der Waals surface area contributed by atoms with E-state index in [1.165, 1.54) is 19.3 Å². The summed E-state index contributed by atoms with van der Waals surface area (Å²) < 4.78 is 0. The molecular weight excluding hydrogens is 372 g/mol. The van der Waals surface area contributed by atoms with Gasteiger partial charge in [-0.05, 0) is 57.1 Å². The van der Waals surface area contributed by atoms with E-state index in [9.17, 15) is 0 Å². The summed E-state index contributed by atoms with van der Waals surface area (Å²) in [7, 11) is 0. The second-order valence-corrected chi connectivity index (χ2v) is 8.43. The minimum atomic E-state index is 0.328. The van der Waals surface area contributed by atoms with Crippen molar-refractivity contribution in [2.75, 3.05) is 4.90 Å². The van der Waals surface area contributed by atoms with Crippen molar-refractivity contribution in [3.8, 4) is 11.3 Å². The Hall–Kier alpha value is -2.18. The molecule has 7 heteroatoms. The maximum Gasteiger partial charge on any atom is 0.227 e. The fourth-order valence-corrected chi connectivity index (χ4v) is 4.68. The molecule has 6 nitrogen and oxygen atoms in total. The first-order valence-electron chi connectivity index (χ1n) is 10.2. The average molecular weight is 397 g/mol. The Morgan fingerprint density at radius 1 is 1.07 bits per heavy atom. The predicted octanol–water partition coefficient (Wildman–Crippen LogP) is 4.30. The standard InChI is InChI=1S/C21H25ClN6/c22-19-11-18(17-12-25-20-16(17)5-2-10-24-20)26-21(27-19)28(14-3-1-4-14)15-8-6-13(23)7-9-15/h2,5,10-15H,1,3-4,6-9,23H2,(H,24,25). The summed E-state index contributed by atoms with van der Waals surface area (Å²) in [5.74, 6) is 0.755. The molecule has 0 radical (unpaired) electrons. The number of rotatable bonds is 4. The highest BCUT2D eigenvalue weighted by Crippen LogP contribution is 2.36. The molecule has 0 spiro atoms. The predicted molar refractivity (Wildman–Crippen MR) is 112 cm³/mol. The van der Waals surface area contributed by atoms with Crippen molar-refractivity contribution in [1.29, 1.82) is 0 Å². The van der Waals surface area contributed by atoms with E-state index in [0.717, 1.165) is 53.9 Å². The normalized spacial score (nSPS) is 22.9. The molecule has 2 fully saturated rings. The van der Waals surface area contributed by atoms with Gasteiger partial charge in [0.1, 0.15) is 10.8 Å². The highest BCUT2D eigenvalue weighted by Gasteiger charge is 2.34. The van der Waals surface area contributed by atoms with Crippen LogP contribution in [-0.2, 0) is 0 Å². The van der Waals surface area contributed by atoms with Gasteiger partial charge in [0.2, 0.25) is 5.95 Å². The van der Waals surface area contributed by atoms with Gasteiger partial charge in [-0.2, -0.15) is 0 Å². The van der Waals surface area contributed by atoms with Gasteiger partial charge in [0.15, 0.2) is 0 Å². The van der Waals surface area contributed by atoms with Crippen LogP contribution < -0.4 is 10.6 Å². The van der Waals surface area contributed by atoms with Crippen LogP contribution in [0.5, 0.6) is 0 Å². The van der Waals surface area contributed by atoms with Crippen LogP contribution in [-0.4, -0.2) is 38.1 Å². The SMILES string of the molecule is NC1CCC(N(c2nc(Cl)cc(-c3c[nH]c4ncccc34)n2)C2CCC2)CC1. The molecule has 0 unspecified atom stereocenters. The van der Waals surface area contributed by atoms with Crippen molar-refractivity contribution in [2.45, 2.75) is 63.1 Å². The number of fused-ring (bicyclic) bond motifs is 1. The van der Waals surface area contributed by atoms with Crippen LogP contribution in [0, 0.1) is 0 Å². The number of pyridine rings is 1. The van der Waals surface area contributed by atoms with E-state index in [4.69, 9.17) is 22.3 Å². The molecule has 2 aliphatic carbocycles. The Balaban J connectivity index is 1.55. The lowest BCUT2D eigenvalue weighted by Crippen LogP contribution is -2.50. The topological polar surface area (TPSA) is 83.7 Å². The van der Waals surface area contributed by atoms with Gasteiger partial charge in [-0.25, -0.2) is 15.0 Å². The molecule has 3 heterocycles. The summed E-state index contributed by atoms with van der Waals surface area (Å²) in [5, 5.41) is 1.53. The minimum absolute atomic E-state index is 0.328. The molecule has 0 saturated heterocycles. The van der Waals surface area contributed by atoms with E-state index in [1.54, 1.807) is 6.20 Å². The molecule has 28 heavy (non-hydrogen) atoms. The maximum atomic E-state index is 6.47. The molecule has 3 aromatic heterocycles. The highest BCUT2D eigenvalue weighted by atomic mass is 35.5. The molecule has 0 atom stereocenters. The molecule has 2 aliphatic rings. The van der Waals surface area contributed by atoms with Crippen LogP contribution >= 0.6 is 11.6 Å². The fourth-order valence-electron chi connectivity index (χ4n) is 4.50. The monoisotopic (exact) mass is 396 g/mol. The number of hydrogen-bond donors (Lipinski definition) is 2. The third kappa shape index (κ3) is 3.25. The lowest BCUT2D eigenvalue weighted by Gasteiger charge is -2.44. The molecule has 3 N–H and O–H groups in total. The van der Waals surface area contributed by atoms with E-state index in [-0.39, 0.29) is 0 Å². The van der Waals surface area contributed by atoms with Crippen molar-refractivity contribution in [3.63, 3.8) is 0 Å². The summed E-state index contributed by atoms with van der Waals surface area (Å²) in [6.07, 6.45) is 11.7. The molecule has 5 rings (SSSR count). The van der Waals surface area contributed by atoms with Gasteiger partial charge in [0.25, 0.3) is 0 Å². The van der Waals surface area contributed by atoms with Crippen molar-refractivity contribution < 1.29 is 0 Å². The zero-order valence-corrected chi connectivity index (χ0v) is 16.6. The van der Waals surface area contributed by atoms with Crippen LogP contribution in [0.25, 0.3) is 22.3 Å². The van der Waals surface area contributed by atoms with Gasteiger partial charge in [-0.1, -0.05) is 11.6 Å². The fraction of sp³-hybridized carbons (Fsp3) is 0.476. The second kappa shape index (κ2) is 7.33.